The molecule has 34 heavy (non-hydrogen) atoms. The van der Waals surface area contributed by atoms with Crippen LogP contribution in [0.3, 0.4) is 0 Å². The number of nitrogens with two attached hydrogens (primary N) is 2. The van der Waals surface area contributed by atoms with Crippen molar-refractivity contribution in [3.05, 3.63) is 76.1 Å². The van der Waals surface area contributed by atoms with Crippen LogP contribution in [0.5, 0.6) is 5.75 Å². The molecule has 3 aromatic rings. The van der Waals surface area contributed by atoms with Crippen LogP contribution >= 0.6 is 0 Å². The monoisotopic (exact) mass is 464 g/mol. The summed E-state index contributed by atoms with van der Waals surface area (Å²) < 4.78 is 47.1. The number of pyridine rings is 1. The number of nitrogen functional groups attached to an aromatic ring is 2. The average Bonchev–Trinajstić information content (AvgIpc) is 2.79. The second kappa shape index (κ2) is 8.88. The van der Waals surface area contributed by atoms with Crippen molar-refractivity contribution < 1.29 is 17.9 Å². The van der Waals surface area contributed by atoms with Gasteiger partial charge in [-0.15, -0.1) is 0 Å². The number of aliphatic imine (C=N–C) groups is 1. The number of anilines is 3. The van der Waals surface area contributed by atoms with E-state index in [-0.39, 0.29) is 52.3 Å². The van der Waals surface area contributed by atoms with E-state index in [9.17, 15) is 18.4 Å². The largest absolute Gasteiger partial charge is 0.486 e. The SMILES string of the molecule is N#CNC1=NC(c2ccc(OCc3ccc(F)cc3F)c(F)c2)c2c(nc(N)c(C#N)c2N)N1. The maximum Gasteiger partial charge on any atom is 0.211 e. The second-order valence-electron chi connectivity index (χ2n) is 7.12. The third kappa shape index (κ3) is 4.08. The number of ether oxygens (including phenoxy) is 1. The first-order valence-electron chi connectivity index (χ1n) is 9.67. The third-order valence-electron chi connectivity index (χ3n) is 5.03. The summed E-state index contributed by atoms with van der Waals surface area (Å²) in [5.41, 5.74) is 12.5. The molecule has 0 spiro atoms. The number of nitrogens with zero attached hydrogens (tertiary/aromatic N) is 4. The zero-order valence-electron chi connectivity index (χ0n) is 17.2. The Labute approximate surface area is 191 Å². The molecule has 0 saturated carbocycles. The van der Waals surface area contributed by atoms with Gasteiger partial charge in [0, 0.05) is 17.2 Å². The van der Waals surface area contributed by atoms with Crippen LogP contribution in [0.25, 0.3) is 0 Å². The molecule has 0 amide bonds. The summed E-state index contributed by atoms with van der Waals surface area (Å²) in [5.74, 6) is -2.46. The van der Waals surface area contributed by atoms with E-state index in [1.807, 2.05) is 6.07 Å². The van der Waals surface area contributed by atoms with Gasteiger partial charge in [0.25, 0.3) is 0 Å². The lowest BCUT2D eigenvalue weighted by Gasteiger charge is -2.26. The molecule has 0 radical (unpaired) electrons. The van der Waals surface area contributed by atoms with E-state index in [2.05, 4.69) is 20.6 Å². The predicted octanol–water partition coefficient (Wildman–Crippen LogP) is 3.06. The minimum atomic E-state index is -0.939. The fourth-order valence-corrected chi connectivity index (χ4v) is 3.42. The van der Waals surface area contributed by atoms with Gasteiger partial charge in [-0.05, 0) is 29.8 Å². The molecule has 2 heterocycles. The lowest BCUT2D eigenvalue weighted by atomic mass is 9.95. The number of aromatic nitrogens is 1. The highest BCUT2D eigenvalue weighted by atomic mass is 19.1. The van der Waals surface area contributed by atoms with Gasteiger partial charge in [-0.25, -0.2) is 23.1 Å². The minimum Gasteiger partial charge on any atom is -0.486 e. The quantitative estimate of drug-likeness (QED) is 0.339. The summed E-state index contributed by atoms with van der Waals surface area (Å²) >= 11 is 0. The van der Waals surface area contributed by atoms with E-state index in [1.165, 1.54) is 18.2 Å². The average molecular weight is 464 g/mol. The van der Waals surface area contributed by atoms with Crippen molar-refractivity contribution >= 4 is 23.3 Å². The number of hydrogen-bond donors (Lipinski definition) is 4. The summed E-state index contributed by atoms with van der Waals surface area (Å²) in [4.78, 5) is 8.47. The number of nitriles is 2. The van der Waals surface area contributed by atoms with E-state index < -0.39 is 23.5 Å². The normalized spacial score (nSPS) is 14.1. The van der Waals surface area contributed by atoms with E-state index >= 15 is 0 Å². The van der Waals surface area contributed by atoms with Gasteiger partial charge >= 0.3 is 0 Å². The maximum atomic E-state index is 14.9. The van der Waals surface area contributed by atoms with Crippen molar-refractivity contribution in [2.24, 2.45) is 4.99 Å². The number of rotatable bonds is 4. The summed E-state index contributed by atoms with van der Waals surface area (Å²) in [6.07, 6.45) is 1.72. The van der Waals surface area contributed by atoms with Gasteiger partial charge in [0.15, 0.2) is 17.8 Å². The smallest absolute Gasteiger partial charge is 0.211 e. The van der Waals surface area contributed by atoms with Crippen LogP contribution in [0, 0.1) is 40.2 Å². The summed E-state index contributed by atoms with van der Waals surface area (Å²) in [5, 5.41) is 23.4. The van der Waals surface area contributed by atoms with Crippen LogP contribution in [0.1, 0.15) is 28.3 Å². The maximum absolute atomic E-state index is 14.9. The van der Waals surface area contributed by atoms with Gasteiger partial charge in [-0.1, -0.05) is 6.07 Å². The molecule has 1 aliphatic heterocycles. The Morgan fingerprint density at radius 1 is 1.09 bits per heavy atom. The van der Waals surface area contributed by atoms with Crippen LogP contribution in [-0.4, -0.2) is 10.9 Å². The van der Waals surface area contributed by atoms with Gasteiger partial charge in [0.05, 0.1) is 5.69 Å². The van der Waals surface area contributed by atoms with E-state index in [1.54, 1.807) is 6.19 Å². The van der Waals surface area contributed by atoms with Crippen molar-refractivity contribution in [1.82, 2.24) is 10.3 Å². The molecule has 1 aliphatic rings. The Balaban J connectivity index is 1.69. The van der Waals surface area contributed by atoms with Crippen molar-refractivity contribution in [1.29, 1.82) is 10.5 Å². The molecule has 0 aliphatic carbocycles. The van der Waals surface area contributed by atoms with Crippen LogP contribution in [0.4, 0.5) is 30.5 Å². The molecular weight excluding hydrogens is 449 g/mol. The van der Waals surface area contributed by atoms with Crippen LogP contribution in [0.15, 0.2) is 41.4 Å². The summed E-state index contributed by atoms with van der Waals surface area (Å²) in [6, 6.07) is 7.86. The highest BCUT2D eigenvalue weighted by Gasteiger charge is 2.30. The first kappa shape index (κ1) is 22.2. The summed E-state index contributed by atoms with van der Waals surface area (Å²) in [6.45, 7) is -0.325. The molecule has 9 nitrogen and oxygen atoms in total. The van der Waals surface area contributed by atoms with Gasteiger partial charge in [0.2, 0.25) is 5.96 Å². The zero-order valence-corrected chi connectivity index (χ0v) is 17.2. The molecule has 0 fully saturated rings. The summed E-state index contributed by atoms with van der Waals surface area (Å²) in [7, 11) is 0. The fraction of sp³-hybridized carbons (Fsp3) is 0.0909. The lowest BCUT2D eigenvalue weighted by molar-refractivity contribution is 0.284. The van der Waals surface area contributed by atoms with Crippen molar-refractivity contribution in [3.8, 4) is 18.0 Å². The van der Waals surface area contributed by atoms with Crippen molar-refractivity contribution in [2.75, 3.05) is 16.8 Å². The van der Waals surface area contributed by atoms with Gasteiger partial charge < -0.3 is 21.5 Å². The first-order valence-corrected chi connectivity index (χ1v) is 9.67. The number of halogens is 3. The molecular formula is C22H15F3N8O. The highest BCUT2D eigenvalue weighted by Crippen LogP contribution is 2.41. The van der Waals surface area contributed by atoms with Crippen LogP contribution in [0.2, 0.25) is 0 Å². The van der Waals surface area contributed by atoms with Crippen molar-refractivity contribution in [2.45, 2.75) is 12.6 Å². The number of guanidine groups is 1. The van der Waals surface area contributed by atoms with E-state index in [0.717, 1.165) is 12.1 Å². The van der Waals surface area contributed by atoms with E-state index in [4.69, 9.17) is 21.5 Å². The molecule has 0 saturated heterocycles. The first-order chi connectivity index (χ1) is 16.3. The molecule has 0 bridgehead atoms. The van der Waals surface area contributed by atoms with Gasteiger partial charge in [0.1, 0.15) is 47.6 Å². The third-order valence-corrected chi connectivity index (χ3v) is 5.03. The Morgan fingerprint density at radius 2 is 1.88 bits per heavy atom. The van der Waals surface area contributed by atoms with Crippen LogP contribution < -0.4 is 26.8 Å². The molecule has 1 unspecified atom stereocenters. The Morgan fingerprint density at radius 3 is 2.56 bits per heavy atom. The second-order valence-corrected chi connectivity index (χ2v) is 7.12. The zero-order chi connectivity index (χ0) is 24.4. The van der Waals surface area contributed by atoms with Gasteiger partial charge in [-0.2, -0.15) is 10.5 Å². The Hall–Kier alpha value is -4.97. The van der Waals surface area contributed by atoms with Gasteiger partial charge in [-0.3, -0.25) is 5.32 Å². The number of hydrogen-bond acceptors (Lipinski definition) is 9. The molecule has 2 aromatic carbocycles. The fourth-order valence-electron chi connectivity index (χ4n) is 3.42. The molecule has 6 N–H and O–H groups in total. The number of nitrogens with one attached hydrogen (secondary N) is 2. The Kier molecular flexibility index (Phi) is 5.80. The number of benzene rings is 2. The number of fused-ring (bicyclic) bond motifs is 1. The molecule has 1 aromatic heterocycles. The topological polar surface area (TPSA) is 158 Å². The minimum absolute atomic E-state index is 0.00905. The molecule has 170 valence electrons. The molecule has 12 heteroatoms. The molecule has 1 atom stereocenters. The standard InChI is InChI=1S/C22H15F3N8O/c23-12-3-1-11(14(24)6-12)8-34-16-4-2-10(5-15(16)25)19-17-18(28)13(7-26)20(29)32-21(17)33-22(31-19)30-9-27/h1-6,19H,8H2,(H6,28,29,30,31,32,33). The molecule has 4 rings (SSSR count). The predicted molar refractivity (Wildman–Crippen MR) is 117 cm³/mol. The van der Waals surface area contributed by atoms with Crippen LogP contribution in [-0.2, 0) is 6.61 Å². The van der Waals surface area contributed by atoms with E-state index in [0.29, 0.717) is 11.6 Å². The Bertz CT molecular complexity index is 1410. The highest BCUT2D eigenvalue weighted by molar-refractivity contribution is 5.98. The van der Waals surface area contributed by atoms with Crippen molar-refractivity contribution in [3.63, 3.8) is 0 Å². The lowest BCUT2D eigenvalue weighted by Crippen LogP contribution is -2.32.